The molecule has 1 aliphatic rings. The Balaban J connectivity index is 1.39. The zero-order valence-corrected chi connectivity index (χ0v) is 32.3. The van der Waals surface area contributed by atoms with Gasteiger partial charge < -0.3 is 34.0 Å². The van der Waals surface area contributed by atoms with E-state index in [2.05, 4.69) is 26.0 Å². The summed E-state index contributed by atoms with van der Waals surface area (Å²) in [5.74, 6) is -2.31. The maximum absolute atomic E-state index is 14.6. The van der Waals surface area contributed by atoms with Crippen molar-refractivity contribution in [1.82, 2.24) is 30.8 Å². The Morgan fingerprint density at radius 2 is 1.72 bits per heavy atom. The Bertz CT molecular complexity index is 2110. The van der Waals surface area contributed by atoms with Gasteiger partial charge in [0.25, 0.3) is 0 Å². The number of carbonyl (C=O) groups excluding carboxylic acids is 5. The minimum atomic E-state index is -1.45. The van der Waals surface area contributed by atoms with E-state index in [1.807, 2.05) is 6.07 Å². The lowest BCUT2D eigenvalue weighted by atomic mass is 10.1. The van der Waals surface area contributed by atoms with Gasteiger partial charge in [-0.3, -0.25) is 24.1 Å². The van der Waals surface area contributed by atoms with Crippen molar-refractivity contribution in [2.75, 3.05) is 18.6 Å². The van der Waals surface area contributed by atoms with E-state index >= 15 is 0 Å². The standard InChI is InChI=1S/C39H45N7O11/c1-24-17-27(19-34(48)56-24)54-22-32(47)29(20-35(49)57-39(2,3)4)40-36(50)31-18-26-13-9-10-14-30(26)46(31)37(51)28(15-16-33-42-44-45(43-33)23-53-5)41-38(52)55-21-25-11-7-6-8-12-25/h6-14,17,19,28-29,31H,15-16,18,20-23H2,1-5H3,(H,40,50)(H,41,52)/t28-,29-,31-/m0/s1. The summed E-state index contributed by atoms with van der Waals surface area (Å²) >= 11 is 0. The van der Waals surface area contributed by atoms with Crippen LogP contribution in [0.25, 0.3) is 0 Å². The van der Waals surface area contributed by atoms with Crippen LogP contribution in [0.2, 0.25) is 0 Å². The normalized spacial score (nSPS) is 14.5. The van der Waals surface area contributed by atoms with Crippen molar-refractivity contribution < 1.29 is 47.3 Å². The van der Waals surface area contributed by atoms with E-state index in [1.54, 1.807) is 69.3 Å². The number of hydrogen-bond donors (Lipinski definition) is 2. The first kappa shape index (κ1) is 41.7. The second-order valence-electron chi connectivity index (χ2n) is 14.2. The lowest BCUT2D eigenvalue weighted by Crippen LogP contribution is -2.57. The summed E-state index contributed by atoms with van der Waals surface area (Å²) in [5, 5.41) is 17.5. The highest BCUT2D eigenvalue weighted by molar-refractivity contribution is 6.07. The van der Waals surface area contributed by atoms with Crippen molar-refractivity contribution in [1.29, 1.82) is 0 Å². The summed E-state index contributed by atoms with van der Waals surface area (Å²) in [6, 6.07) is 14.4. The molecular formula is C39H45N7O11. The molecule has 2 aromatic heterocycles. The Labute approximate surface area is 327 Å². The molecule has 2 N–H and O–H groups in total. The zero-order valence-electron chi connectivity index (χ0n) is 32.3. The molecule has 3 heterocycles. The van der Waals surface area contributed by atoms with Crippen molar-refractivity contribution in [2.45, 2.75) is 90.4 Å². The van der Waals surface area contributed by atoms with Crippen LogP contribution in [0, 0.1) is 6.92 Å². The van der Waals surface area contributed by atoms with Crippen molar-refractivity contribution in [3.63, 3.8) is 0 Å². The van der Waals surface area contributed by atoms with Crippen LogP contribution in [-0.4, -0.2) is 87.3 Å². The number of Topliss-reactive ketones (excluding diaryl/α,β-unsaturated/α-hetero) is 1. The second kappa shape index (κ2) is 18.9. The number of nitrogens with zero attached hydrogens (tertiary/aromatic N) is 5. The predicted octanol–water partition coefficient (Wildman–Crippen LogP) is 2.59. The number of nitrogens with one attached hydrogen (secondary N) is 2. The van der Waals surface area contributed by atoms with E-state index in [-0.39, 0.29) is 49.9 Å². The van der Waals surface area contributed by atoms with Gasteiger partial charge in [0.1, 0.15) is 48.5 Å². The van der Waals surface area contributed by atoms with Crippen LogP contribution in [0.15, 0.2) is 75.9 Å². The number of methoxy groups -OCH3 is 1. The third-order valence-electron chi connectivity index (χ3n) is 8.46. The molecule has 0 saturated carbocycles. The average molecular weight is 788 g/mol. The molecule has 0 unspecified atom stereocenters. The first-order chi connectivity index (χ1) is 27.2. The van der Waals surface area contributed by atoms with Gasteiger partial charge in [0.2, 0.25) is 11.8 Å². The number of amides is 3. The first-order valence-corrected chi connectivity index (χ1v) is 18.1. The van der Waals surface area contributed by atoms with Gasteiger partial charge in [0, 0.05) is 31.7 Å². The second-order valence-corrected chi connectivity index (χ2v) is 14.2. The van der Waals surface area contributed by atoms with Crippen LogP contribution in [0.5, 0.6) is 5.75 Å². The van der Waals surface area contributed by atoms with Crippen LogP contribution in [0.4, 0.5) is 10.5 Å². The predicted molar refractivity (Wildman–Crippen MR) is 201 cm³/mol. The number of alkyl carbamates (subject to hydrolysis) is 1. The largest absolute Gasteiger partial charge is 0.485 e. The molecule has 0 aliphatic carbocycles. The maximum atomic E-state index is 14.6. The number of tetrazole rings is 1. The summed E-state index contributed by atoms with van der Waals surface area (Å²) < 4.78 is 26.4. The number of anilines is 1. The number of fused-ring (bicyclic) bond motifs is 1. The Morgan fingerprint density at radius 3 is 2.44 bits per heavy atom. The van der Waals surface area contributed by atoms with E-state index in [0.29, 0.717) is 11.3 Å². The number of para-hydroxylation sites is 1. The zero-order chi connectivity index (χ0) is 41.1. The topological polar surface area (TPSA) is 223 Å². The fourth-order valence-electron chi connectivity index (χ4n) is 6.00. The quantitative estimate of drug-likeness (QED) is 0.147. The number of esters is 1. The van der Waals surface area contributed by atoms with Crippen molar-refractivity contribution in [3.05, 3.63) is 99.9 Å². The monoisotopic (exact) mass is 787 g/mol. The molecule has 0 saturated heterocycles. The van der Waals surface area contributed by atoms with Gasteiger partial charge in [0.05, 0.1) is 12.5 Å². The SMILES string of the molecule is COCn1nnc(CC[C@H](NC(=O)OCc2ccccc2)C(=O)N2c3ccccc3C[C@H]2C(=O)N[C@@H](CC(=O)OC(C)(C)C)C(=O)COc2cc(C)oc(=O)c2)n1. The molecular weight excluding hydrogens is 742 g/mol. The highest BCUT2D eigenvalue weighted by Crippen LogP contribution is 2.33. The molecule has 57 heavy (non-hydrogen) atoms. The number of benzene rings is 2. The lowest BCUT2D eigenvalue weighted by Gasteiger charge is -2.30. The minimum absolute atomic E-state index is 0.0145. The lowest BCUT2D eigenvalue weighted by molar-refractivity contribution is -0.156. The Kier molecular flexibility index (Phi) is 13.9. The van der Waals surface area contributed by atoms with Crippen LogP contribution >= 0.6 is 0 Å². The van der Waals surface area contributed by atoms with Crippen molar-refractivity contribution in [2.24, 2.45) is 0 Å². The number of carbonyl (C=O) groups is 5. The van der Waals surface area contributed by atoms with Gasteiger partial charge in [-0.25, -0.2) is 9.59 Å². The Hall–Kier alpha value is -6.43. The van der Waals surface area contributed by atoms with Crippen LogP contribution in [0.3, 0.4) is 0 Å². The average Bonchev–Trinajstić information content (AvgIpc) is 3.78. The Morgan fingerprint density at radius 1 is 0.982 bits per heavy atom. The van der Waals surface area contributed by atoms with Gasteiger partial charge >= 0.3 is 17.7 Å². The number of aryl methyl sites for hydroxylation is 2. The van der Waals surface area contributed by atoms with E-state index in [9.17, 15) is 28.8 Å². The number of ketones is 1. The molecule has 3 amide bonds. The van der Waals surface area contributed by atoms with E-state index < -0.39 is 72.0 Å². The molecule has 302 valence electrons. The molecule has 0 fully saturated rings. The number of hydrogen-bond acceptors (Lipinski definition) is 14. The highest BCUT2D eigenvalue weighted by atomic mass is 16.6. The number of ether oxygens (including phenoxy) is 4. The molecule has 0 spiro atoms. The molecule has 1 aliphatic heterocycles. The molecule has 18 nitrogen and oxygen atoms in total. The van der Waals surface area contributed by atoms with Crippen LogP contribution in [-0.2, 0) is 59.6 Å². The number of aromatic nitrogens is 4. The smallest absolute Gasteiger partial charge is 0.408 e. The van der Waals surface area contributed by atoms with Crippen LogP contribution < -0.4 is 25.9 Å². The highest BCUT2D eigenvalue weighted by Gasteiger charge is 2.42. The summed E-state index contributed by atoms with van der Waals surface area (Å²) in [4.78, 5) is 83.0. The summed E-state index contributed by atoms with van der Waals surface area (Å²) in [7, 11) is 1.47. The minimum Gasteiger partial charge on any atom is -0.485 e. The van der Waals surface area contributed by atoms with E-state index in [1.165, 1.54) is 29.8 Å². The summed E-state index contributed by atoms with van der Waals surface area (Å²) in [5.41, 5.74) is 0.206. The molecule has 5 rings (SSSR count). The van der Waals surface area contributed by atoms with Gasteiger partial charge in [-0.15, -0.1) is 15.0 Å². The van der Waals surface area contributed by atoms with E-state index in [0.717, 1.165) is 11.6 Å². The summed E-state index contributed by atoms with van der Waals surface area (Å²) in [6.45, 7) is 5.87. The van der Waals surface area contributed by atoms with E-state index in [4.69, 9.17) is 23.4 Å². The van der Waals surface area contributed by atoms with Crippen molar-refractivity contribution in [3.8, 4) is 5.75 Å². The molecule has 0 bridgehead atoms. The molecule has 4 aromatic rings. The van der Waals surface area contributed by atoms with Crippen LogP contribution in [0.1, 0.15) is 56.3 Å². The first-order valence-electron chi connectivity index (χ1n) is 18.1. The third-order valence-corrected chi connectivity index (χ3v) is 8.46. The van der Waals surface area contributed by atoms with Gasteiger partial charge in [-0.2, -0.15) is 0 Å². The maximum Gasteiger partial charge on any atom is 0.408 e. The molecule has 2 aromatic carbocycles. The van der Waals surface area contributed by atoms with Gasteiger partial charge in [-0.05, 0) is 56.5 Å². The number of rotatable bonds is 17. The fourth-order valence-corrected chi connectivity index (χ4v) is 6.00. The molecule has 0 radical (unpaired) electrons. The third kappa shape index (κ3) is 12.0. The van der Waals surface area contributed by atoms with Gasteiger partial charge in [-0.1, -0.05) is 48.5 Å². The fraction of sp³-hybridized carbons (Fsp3) is 0.410. The van der Waals surface area contributed by atoms with Gasteiger partial charge in [0.15, 0.2) is 18.3 Å². The summed E-state index contributed by atoms with van der Waals surface area (Å²) in [6.07, 6.45) is -1.30. The molecule has 3 atom stereocenters. The van der Waals surface area contributed by atoms with Crippen molar-refractivity contribution >= 4 is 35.3 Å². The molecule has 18 heteroatoms.